The van der Waals surface area contributed by atoms with E-state index in [2.05, 4.69) is 16.9 Å². The highest BCUT2D eigenvalue weighted by molar-refractivity contribution is 5.21. The van der Waals surface area contributed by atoms with Crippen molar-refractivity contribution in [1.82, 2.24) is 14.9 Å². The smallest absolute Gasteiger partial charge is 0.126 e. The summed E-state index contributed by atoms with van der Waals surface area (Å²) < 4.78 is 2.34. The fraction of sp³-hybridized carbons (Fsp3) is 0.750. The van der Waals surface area contributed by atoms with E-state index in [1.54, 1.807) is 0 Å². The summed E-state index contributed by atoms with van der Waals surface area (Å²) in [5.74, 6) is 1.28. The van der Waals surface area contributed by atoms with Crippen molar-refractivity contribution in [3.05, 3.63) is 17.2 Å². The molecule has 3 heteroatoms. The molecule has 1 aliphatic heterocycles. The first kappa shape index (κ1) is 9.40. The Morgan fingerprint density at radius 1 is 1.27 bits per heavy atom. The number of imidazole rings is 1. The molecule has 3 rings (SSSR count). The lowest BCUT2D eigenvalue weighted by molar-refractivity contribution is 0.570. The van der Waals surface area contributed by atoms with E-state index < -0.39 is 0 Å². The molecule has 1 aromatic rings. The molecule has 1 aliphatic carbocycles. The lowest BCUT2D eigenvalue weighted by Crippen LogP contribution is -2.17. The van der Waals surface area contributed by atoms with Crippen LogP contribution in [0.5, 0.6) is 0 Å². The van der Waals surface area contributed by atoms with Gasteiger partial charge in [0.25, 0.3) is 0 Å². The van der Waals surface area contributed by atoms with E-state index in [1.165, 1.54) is 55.7 Å². The van der Waals surface area contributed by atoms with E-state index in [0.717, 1.165) is 6.54 Å². The Hall–Kier alpha value is -0.830. The molecule has 82 valence electrons. The number of aromatic nitrogens is 2. The number of fused-ring (bicyclic) bond motifs is 1. The molecular weight excluding hydrogens is 186 g/mol. The van der Waals surface area contributed by atoms with Crippen LogP contribution in [0.2, 0.25) is 0 Å². The fourth-order valence-corrected chi connectivity index (χ4v) is 2.92. The SMILES string of the molecule is Cn1c([C@H]2CCCN2)nc2c1CCCC2. The molecule has 1 saturated heterocycles. The first-order chi connectivity index (χ1) is 7.36. The van der Waals surface area contributed by atoms with Gasteiger partial charge in [0.2, 0.25) is 0 Å². The molecule has 1 atom stereocenters. The van der Waals surface area contributed by atoms with Gasteiger partial charge in [-0.2, -0.15) is 0 Å². The Morgan fingerprint density at radius 2 is 2.13 bits per heavy atom. The zero-order valence-corrected chi connectivity index (χ0v) is 9.42. The second kappa shape index (κ2) is 3.63. The van der Waals surface area contributed by atoms with Crippen LogP contribution in [0, 0.1) is 0 Å². The number of hydrogen-bond donors (Lipinski definition) is 1. The molecule has 0 bridgehead atoms. The summed E-state index contributed by atoms with van der Waals surface area (Å²) >= 11 is 0. The Labute approximate surface area is 90.9 Å². The molecule has 2 heterocycles. The summed E-state index contributed by atoms with van der Waals surface area (Å²) in [4.78, 5) is 4.83. The number of nitrogens with one attached hydrogen (secondary N) is 1. The number of hydrogen-bond acceptors (Lipinski definition) is 2. The lowest BCUT2D eigenvalue weighted by Gasteiger charge is -2.13. The van der Waals surface area contributed by atoms with Crippen molar-refractivity contribution in [3.63, 3.8) is 0 Å². The predicted octanol–water partition coefficient (Wildman–Crippen LogP) is 1.72. The lowest BCUT2D eigenvalue weighted by atomic mass is 10.0. The Balaban J connectivity index is 1.97. The first-order valence-electron chi connectivity index (χ1n) is 6.14. The van der Waals surface area contributed by atoms with Crippen LogP contribution >= 0.6 is 0 Å². The van der Waals surface area contributed by atoms with E-state index in [-0.39, 0.29) is 0 Å². The molecule has 0 amide bonds. The number of nitrogens with zero attached hydrogens (tertiary/aromatic N) is 2. The van der Waals surface area contributed by atoms with Crippen LogP contribution in [0.25, 0.3) is 0 Å². The average Bonchev–Trinajstić information content (AvgIpc) is 2.87. The molecule has 3 nitrogen and oxygen atoms in total. The monoisotopic (exact) mass is 205 g/mol. The molecule has 15 heavy (non-hydrogen) atoms. The van der Waals surface area contributed by atoms with Crippen LogP contribution in [0.4, 0.5) is 0 Å². The third-order valence-electron chi connectivity index (χ3n) is 3.78. The maximum Gasteiger partial charge on any atom is 0.126 e. The minimum absolute atomic E-state index is 0.514. The highest BCUT2D eigenvalue weighted by atomic mass is 15.1. The molecule has 1 fully saturated rings. The average molecular weight is 205 g/mol. The van der Waals surface area contributed by atoms with Crippen molar-refractivity contribution in [2.45, 2.75) is 44.6 Å². The standard InChI is InChI=1S/C12H19N3/c1-15-11-7-3-2-5-9(11)14-12(15)10-6-4-8-13-10/h10,13H,2-8H2,1H3/t10-/m1/s1. The normalized spacial score (nSPS) is 25.5. The van der Waals surface area contributed by atoms with Crippen LogP contribution in [0.15, 0.2) is 0 Å². The van der Waals surface area contributed by atoms with Gasteiger partial charge in [-0.25, -0.2) is 4.98 Å². The predicted molar refractivity (Wildman–Crippen MR) is 59.8 cm³/mol. The van der Waals surface area contributed by atoms with Crippen molar-refractivity contribution < 1.29 is 0 Å². The van der Waals surface area contributed by atoms with Crippen LogP contribution < -0.4 is 5.32 Å². The Morgan fingerprint density at radius 3 is 2.87 bits per heavy atom. The van der Waals surface area contributed by atoms with Gasteiger partial charge in [-0.3, -0.25) is 0 Å². The van der Waals surface area contributed by atoms with E-state index >= 15 is 0 Å². The summed E-state index contributed by atoms with van der Waals surface area (Å²) in [6.45, 7) is 1.15. The highest BCUT2D eigenvalue weighted by Gasteiger charge is 2.25. The van der Waals surface area contributed by atoms with Crippen LogP contribution in [0.1, 0.15) is 48.9 Å². The van der Waals surface area contributed by atoms with Gasteiger partial charge in [-0.1, -0.05) is 0 Å². The summed E-state index contributed by atoms with van der Waals surface area (Å²) in [6.07, 6.45) is 7.62. The molecular formula is C12H19N3. The van der Waals surface area contributed by atoms with E-state index in [0.29, 0.717) is 6.04 Å². The molecule has 1 aromatic heterocycles. The van der Waals surface area contributed by atoms with Gasteiger partial charge in [0.1, 0.15) is 5.82 Å². The maximum atomic E-state index is 4.83. The molecule has 0 unspecified atom stereocenters. The van der Waals surface area contributed by atoms with Gasteiger partial charge < -0.3 is 9.88 Å². The third kappa shape index (κ3) is 1.49. The largest absolute Gasteiger partial charge is 0.334 e. The summed E-state index contributed by atoms with van der Waals surface area (Å²) in [5.41, 5.74) is 2.86. The molecule has 0 radical (unpaired) electrons. The quantitative estimate of drug-likeness (QED) is 0.756. The molecule has 0 spiro atoms. The molecule has 0 saturated carbocycles. The molecule has 0 aromatic carbocycles. The third-order valence-corrected chi connectivity index (χ3v) is 3.78. The number of rotatable bonds is 1. The molecule has 1 N–H and O–H groups in total. The van der Waals surface area contributed by atoms with E-state index in [1.807, 2.05) is 0 Å². The van der Waals surface area contributed by atoms with Gasteiger partial charge >= 0.3 is 0 Å². The first-order valence-corrected chi connectivity index (χ1v) is 6.14. The Bertz CT molecular complexity index is 361. The zero-order chi connectivity index (χ0) is 10.3. The Kier molecular flexibility index (Phi) is 2.28. The van der Waals surface area contributed by atoms with Gasteiger partial charge in [-0.15, -0.1) is 0 Å². The van der Waals surface area contributed by atoms with Crippen molar-refractivity contribution in [2.24, 2.45) is 7.05 Å². The van der Waals surface area contributed by atoms with E-state index in [9.17, 15) is 0 Å². The van der Waals surface area contributed by atoms with Crippen molar-refractivity contribution >= 4 is 0 Å². The fourth-order valence-electron chi connectivity index (χ4n) is 2.92. The van der Waals surface area contributed by atoms with Crippen molar-refractivity contribution in [1.29, 1.82) is 0 Å². The molecule has 2 aliphatic rings. The van der Waals surface area contributed by atoms with Gasteiger partial charge in [0.05, 0.1) is 11.7 Å². The van der Waals surface area contributed by atoms with Gasteiger partial charge in [0, 0.05) is 12.7 Å². The van der Waals surface area contributed by atoms with Gasteiger partial charge in [-0.05, 0) is 45.1 Å². The van der Waals surface area contributed by atoms with E-state index in [4.69, 9.17) is 4.98 Å². The van der Waals surface area contributed by atoms with Gasteiger partial charge in [0.15, 0.2) is 0 Å². The second-order valence-corrected chi connectivity index (χ2v) is 4.78. The minimum Gasteiger partial charge on any atom is -0.334 e. The second-order valence-electron chi connectivity index (χ2n) is 4.78. The van der Waals surface area contributed by atoms with Crippen molar-refractivity contribution in [2.75, 3.05) is 6.54 Å². The summed E-state index contributed by atoms with van der Waals surface area (Å²) in [6, 6.07) is 0.514. The summed E-state index contributed by atoms with van der Waals surface area (Å²) in [7, 11) is 2.19. The minimum atomic E-state index is 0.514. The highest BCUT2D eigenvalue weighted by Crippen LogP contribution is 2.27. The van der Waals surface area contributed by atoms with Crippen molar-refractivity contribution in [3.8, 4) is 0 Å². The maximum absolute atomic E-state index is 4.83. The van der Waals surface area contributed by atoms with Crippen LogP contribution in [-0.4, -0.2) is 16.1 Å². The van der Waals surface area contributed by atoms with Crippen LogP contribution in [-0.2, 0) is 19.9 Å². The number of aryl methyl sites for hydroxylation is 1. The zero-order valence-electron chi connectivity index (χ0n) is 9.42. The topological polar surface area (TPSA) is 29.9 Å². The summed E-state index contributed by atoms with van der Waals surface area (Å²) in [5, 5.41) is 3.54. The van der Waals surface area contributed by atoms with Crippen LogP contribution in [0.3, 0.4) is 0 Å².